The second-order valence-corrected chi connectivity index (χ2v) is 3.91. The predicted molar refractivity (Wildman–Crippen MR) is 73.8 cm³/mol. The van der Waals surface area contributed by atoms with Crippen LogP contribution in [-0.4, -0.2) is 47.9 Å². The number of amides is 1. The third kappa shape index (κ3) is 4.46. The van der Waals surface area contributed by atoms with Gasteiger partial charge in [0.05, 0.1) is 16.2 Å². The van der Waals surface area contributed by atoms with E-state index in [4.69, 9.17) is 0 Å². The van der Waals surface area contributed by atoms with Gasteiger partial charge in [-0.15, -0.1) is 12.4 Å². The summed E-state index contributed by atoms with van der Waals surface area (Å²) in [5.41, 5.74) is 0.579. The summed E-state index contributed by atoms with van der Waals surface area (Å²) in [6.45, 7) is 2.84. The van der Waals surface area contributed by atoms with Crippen molar-refractivity contribution in [3.05, 3.63) is 33.6 Å². The zero-order valence-electron chi connectivity index (χ0n) is 11.0. The monoisotopic (exact) mass is 288 g/mol. The fourth-order valence-electron chi connectivity index (χ4n) is 1.43. The number of aryl methyl sites for hydroxylation is 1. The van der Waals surface area contributed by atoms with Crippen LogP contribution in [0, 0.1) is 17.0 Å². The Morgan fingerprint density at radius 3 is 2.74 bits per heavy atom. The van der Waals surface area contributed by atoms with E-state index in [-0.39, 0.29) is 29.6 Å². The Hall–Kier alpha value is -1.73. The van der Waals surface area contributed by atoms with Crippen LogP contribution in [0.15, 0.2) is 12.3 Å². The average molecular weight is 289 g/mol. The molecule has 1 amide bonds. The quantitative estimate of drug-likeness (QED) is 0.645. The van der Waals surface area contributed by atoms with E-state index >= 15 is 0 Å². The van der Waals surface area contributed by atoms with Gasteiger partial charge >= 0.3 is 0 Å². The van der Waals surface area contributed by atoms with Gasteiger partial charge in [0.25, 0.3) is 11.6 Å². The number of pyridine rings is 1. The lowest BCUT2D eigenvalue weighted by Crippen LogP contribution is -2.33. The predicted octanol–water partition coefficient (Wildman–Crippen LogP) is 1.01. The van der Waals surface area contributed by atoms with Crippen molar-refractivity contribution in [3.8, 4) is 0 Å². The fourth-order valence-corrected chi connectivity index (χ4v) is 1.43. The number of likely N-dealkylation sites (N-methyl/N-ethyl adjacent to an activating group) is 2. The summed E-state index contributed by atoms with van der Waals surface area (Å²) in [6.07, 6.45) is 1.15. The highest BCUT2D eigenvalue weighted by atomic mass is 35.5. The summed E-state index contributed by atoms with van der Waals surface area (Å²) in [6, 6.07) is 1.26. The lowest BCUT2D eigenvalue weighted by molar-refractivity contribution is -0.385. The van der Waals surface area contributed by atoms with Crippen molar-refractivity contribution in [2.24, 2.45) is 0 Å². The molecule has 0 radical (unpaired) electrons. The first-order valence-corrected chi connectivity index (χ1v) is 5.48. The molecule has 1 aromatic rings. The van der Waals surface area contributed by atoms with E-state index in [0.717, 1.165) is 6.20 Å². The zero-order chi connectivity index (χ0) is 13.7. The Morgan fingerprint density at radius 1 is 1.58 bits per heavy atom. The molecule has 0 unspecified atom stereocenters. The number of hydrogen-bond donors (Lipinski definition) is 1. The normalized spacial score (nSPS) is 9.63. The minimum absolute atomic E-state index is 0. The molecule has 1 aromatic heterocycles. The van der Waals surface area contributed by atoms with E-state index in [1.807, 2.05) is 0 Å². The molecule has 7 nitrogen and oxygen atoms in total. The van der Waals surface area contributed by atoms with Crippen LogP contribution >= 0.6 is 12.4 Å². The molecular formula is C11H17ClN4O3. The second-order valence-electron chi connectivity index (χ2n) is 3.91. The molecule has 106 valence electrons. The SMILES string of the molecule is CNCCN(C)C(=O)c1cc([N+](=O)[O-])cnc1C.Cl. The highest BCUT2D eigenvalue weighted by Gasteiger charge is 2.18. The Morgan fingerprint density at radius 2 is 2.21 bits per heavy atom. The lowest BCUT2D eigenvalue weighted by atomic mass is 10.1. The number of nitrogens with zero attached hydrogens (tertiary/aromatic N) is 3. The first kappa shape index (κ1) is 17.3. The summed E-state index contributed by atoms with van der Waals surface area (Å²) in [5, 5.41) is 13.6. The lowest BCUT2D eigenvalue weighted by Gasteiger charge is -2.17. The molecule has 0 spiro atoms. The molecule has 0 atom stereocenters. The molecule has 0 bridgehead atoms. The van der Waals surface area contributed by atoms with Crippen LogP contribution in [0.2, 0.25) is 0 Å². The number of nitrogens with one attached hydrogen (secondary N) is 1. The van der Waals surface area contributed by atoms with Crippen LogP contribution in [0.1, 0.15) is 16.1 Å². The summed E-state index contributed by atoms with van der Waals surface area (Å²) < 4.78 is 0. The van der Waals surface area contributed by atoms with E-state index in [1.165, 1.54) is 11.0 Å². The van der Waals surface area contributed by atoms with Gasteiger partial charge in [-0.1, -0.05) is 0 Å². The summed E-state index contributed by atoms with van der Waals surface area (Å²) in [5.74, 6) is -0.265. The minimum Gasteiger partial charge on any atom is -0.340 e. The largest absolute Gasteiger partial charge is 0.340 e. The minimum atomic E-state index is -0.559. The van der Waals surface area contributed by atoms with Crippen LogP contribution in [0.5, 0.6) is 0 Å². The number of carbonyl (C=O) groups excluding carboxylic acids is 1. The van der Waals surface area contributed by atoms with Crippen LogP contribution in [0.3, 0.4) is 0 Å². The molecule has 1 rings (SSSR count). The highest BCUT2D eigenvalue weighted by Crippen LogP contribution is 2.16. The van der Waals surface area contributed by atoms with E-state index in [1.54, 1.807) is 21.0 Å². The molecule has 1 heterocycles. The summed E-state index contributed by atoms with van der Waals surface area (Å²) in [4.78, 5) is 27.6. The average Bonchev–Trinajstić information content (AvgIpc) is 2.35. The maximum atomic E-state index is 12.1. The first-order valence-electron chi connectivity index (χ1n) is 5.48. The van der Waals surface area contributed by atoms with Gasteiger partial charge < -0.3 is 10.2 Å². The standard InChI is InChI=1S/C11H16N4O3.ClH/c1-8-10(6-9(7-13-8)15(17)18)11(16)14(3)5-4-12-2;/h6-7,12H,4-5H2,1-3H3;1H. The molecule has 0 saturated heterocycles. The van der Waals surface area contributed by atoms with Crippen molar-refractivity contribution in [1.29, 1.82) is 0 Å². The van der Waals surface area contributed by atoms with Crippen LogP contribution < -0.4 is 5.32 Å². The molecule has 0 aliphatic rings. The number of halogens is 1. The highest BCUT2D eigenvalue weighted by molar-refractivity contribution is 5.95. The van der Waals surface area contributed by atoms with Gasteiger partial charge in [-0.05, 0) is 14.0 Å². The first-order chi connectivity index (χ1) is 8.47. The maximum Gasteiger partial charge on any atom is 0.288 e. The second kappa shape index (κ2) is 7.65. The van der Waals surface area contributed by atoms with Crippen molar-refractivity contribution in [2.45, 2.75) is 6.92 Å². The van der Waals surface area contributed by atoms with E-state index in [2.05, 4.69) is 10.3 Å². The third-order valence-corrected chi connectivity index (χ3v) is 2.56. The van der Waals surface area contributed by atoms with Gasteiger partial charge in [-0.3, -0.25) is 19.9 Å². The van der Waals surface area contributed by atoms with Gasteiger partial charge in [0, 0.05) is 26.2 Å². The summed E-state index contributed by atoms with van der Waals surface area (Å²) >= 11 is 0. The summed E-state index contributed by atoms with van der Waals surface area (Å²) in [7, 11) is 3.44. The molecule has 0 aromatic carbocycles. The van der Waals surface area contributed by atoms with Gasteiger partial charge in [-0.2, -0.15) is 0 Å². The van der Waals surface area contributed by atoms with Gasteiger partial charge in [0.15, 0.2) is 0 Å². The molecule has 19 heavy (non-hydrogen) atoms. The number of rotatable bonds is 5. The number of aromatic nitrogens is 1. The molecule has 0 aliphatic heterocycles. The van der Waals surface area contributed by atoms with Crippen molar-refractivity contribution in [1.82, 2.24) is 15.2 Å². The Bertz CT molecular complexity index is 467. The zero-order valence-corrected chi connectivity index (χ0v) is 11.9. The Labute approximate surface area is 117 Å². The molecule has 0 fully saturated rings. The van der Waals surface area contributed by atoms with E-state index in [9.17, 15) is 14.9 Å². The number of hydrogen-bond acceptors (Lipinski definition) is 5. The van der Waals surface area contributed by atoms with Gasteiger partial charge in [0.1, 0.15) is 6.20 Å². The number of carbonyl (C=O) groups is 1. The van der Waals surface area contributed by atoms with Crippen LogP contribution in [0.4, 0.5) is 5.69 Å². The van der Waals surface area contributed by atoms with E-state index in [0.29, 0.717) is 18.8 Å². The number of nitro groups is 1. The fraction of sp³-hybridized carbons (Fsp3) is 0.455. The van der Waals surface area contributed by atoms with Crippen molar-refractivity contribution < 1.29 is 9.72 Å². The topological polar surface area (TPSA) is 88.4 Å². The molecule has 8 heteroatoms. The van der Waals surface area contributed by atoms with Crippen LogP contribution in [0.25, 0.3) is 0 Å². The Balaban J connectivity index is 0.00000324. The van der Waals surface area contributed by atoms with Gasteiger partial charge in [-0.25, -0.2) is 0 Å². The molecular weight excluding hydrogens is 272 g/mol. The van der Waals surface area contributed by atoms with Crippen molar-refractivity contribution in [2.75, 3.05) is 27.2 Å². The third-order valence-electron chi connectivity index (χ3n) is 2.56. The van der Waals surface area contributed by atoms with Crippen molar-refractivity contribution >= 4 is 24.0 Å². The van der Waals surface area contributed by atoms with E-state index < -0.39 is 4.92 Å². The molecule has 0 aliphatic carbocycles. The van der Waals surface area contributed by atoms with Gasteiger partial charge in [0.2, 0.25) is 0 Å². The maximum absolute atomic E-state index is 12.1. The molecule has 1 N–H and O–H groups in total. The van der Waals surface area contributed by atoms with Crippen LogP contribution in [-0.2, 0) is 0 Å². The van der Waals surface area contributed by atoms with Crippen molar-refractivity contribution in [3.63, 3.8) is 0 Å². The molecule has 0 saturated carbocycles. The smallest absolute Gasteiger partial charge is 0.288 e. The Kier molecular flexibility index (Phi) is 6.95.